The summed E-state index contributed by atoms with van der Waals surface area (Å²) < 4.78 is 27.5. The highest BCUT2D eigenvalue weighted by Crippen LogP contribution is 2.27. The molecule has 0 unspecified atom stereocenters. The molecule has 4 heterocycles. The van der Waals surface area contributed by atoms with Crippen LogP contribution in [0, 0.1) is 11.6 Å². The summed E-state index contributed by atoms with van der Waals surface area (Å²) in [5, 5.41) is 6.95. The summed E-state index contributed by atoms with van der Waals surface area (Å²) in [7, 11) is 0. The lowest BCUT2D eigenvalue weighted by molar-refractivity contribution is 0.476. The molecule has 132 valence electrons. The largest absolute Gasteiger partial charge is 0.364 e. The number of nitrogens with zero attached hydrogens (tertiary/aromatic N) is 3. The first-order valence-corrected chi connectivity index (χ1v) is 7.83. The minimum Gasteiger partial charge on any atom is -0.364 e. The lowest BCUT2D eigenvalue weighted by atomic mass is 10.1. The number of anilines is 1. The molecule has 3 aromatic heterocycles. The maximum atomic E-state index is 14.1. The van der Waals surface area contributed by atoms with Crippen LogP contribution in [0.5, 0.6) is 0 Å². The van der Waals surface area contributed by atoms with Gasteiger partial charge >= 0.3 is 0 Å². The Morgan fingerprint density at radius 3 is 2.88 bits per heavy atom. The number of aromatic nitrogens is 4. The van der Waals surface area contributed by atoms with Crippen molar-refractivity contribution in [1.82, 2.24) is 25.3 Å². The van der Waals surface area contributed by atoms with Gasteiger partial charge in [-0.3, -0.25) is 0 Å². The van der Waals surface area contributed by atoms with Crippen LogP contribution in [-0.4, -0.2) is 39.1 Å². The van der Waals surface area contributed by atoms with E-state index in [1.54, 1.807) is 6.20 Å². The molecule has 3 aromatic rings. The van der Waals surface area contributed by atoms with Crippen molar-refractivity contribution in [3.05, 3.63) is 36.3 Å². The third-order valence-corrected chi connectivity index (χ3v) is 4.12. The van der Waals surface area contributed by atoms with Crippen molar-refractivity contribution in [1.29, 1.82) is 0 Å². The molecule has 0 saturated carbocycles. The van der Waals surface area contributed by atoms with Crippen LogP contribution >= 0.6 is 12.4 Å². The number of aromatic amines is 1. The highest BCUT2D eigenvalue weighted by molar-refractivity contribution is 5.91. The highest BCUT2D eigenvalue weighted by atomic mass is 35.5. The Bertz CT molecular complexity index is 878. The molecule has 25 heavy (non-hydrogen) atoms. The number of hydrogen-bond acceptors (Lipinski definition) is 5. The van der Waals surface area contributed by atoms with Crippen LogP contribution in [0.25, 0.3) is 22.4 Å². The van der Waals surface area contributed by atoms with Crippen LogP contribution in [0.3, 0.4) is 0 Å². The van der Waals surface area contributed by atoms with Crippen molar-refractivity contribution >= 4 is 29.3 Å². The van der Waals surface area contributed by atoms with Gasteiger partial charge < -0.3 is 15.6 Å². The smallest absolute Gasteiger partial charge is 0.183 e. The van der Waals surface area contributed by atoms with E-state index in [1.807, 2.05) is 0 Å². The Hall–Kier alpha value is -2.32. The quantitative estimate of drug-likeness (QED) is 0.664. The van der Waals surface area contributed by atoms with Crippen LogP contribution < -0.4 is 10.6 Å². The molecule has 0 aromatic carbocycles. The summed E-state index contributed by atoms with van der Waals surface area (Å²) in [5.74, 6) is -0.473. The molecule has 1 aliphatic heterocycles. The maximum Gasteiger partial charge on any atom is 0.183 e. The third kappa shape index (κ3) is 3.54. The highest BCUT2D eigenvalue weighted by Gasteiger charge is 2.18. The van der Waals surface area contributed by atoms with Gasteiger partial charge in [0.1, 0.15) is 11.5 Å². The minimum absolute atomic E-state index is 0. The first kappa shape index (κ1) is 17.5. The second-order valence-corrected chi connectivity index (χ2v) is 5.83. The molecule has 3 N–H and O–H groups in total. The van der Waals surface area contributed by atoms with Gasteiger partial charge in [0, 0.05) is 29.7 Å². The molecule has 0 aliphatic carbocycles. The maximum absolute atomic E-state index is 14.1. The lowest BCUT2D eigenvalue weighted by Crippen LogP contribution is -2.38. The Morgan fingerprint density at radius 1 is 1.20 bits per heavy atom. The van der Waals surface area contributed by atoms with E-state index in [9.17, 15) is 8.78 Å². The lowest BCUT2D eigenvalue weighted by Gasteiger charge is -2.24. The van der Waals surface area contributed by atoms with E-state index in [4.69, 9.17) is 0 Å². The van der Waals surface area contributed by atoms with E-state index in [1.165, 1.54) is 6.07 Å². The number of rotatable bonds is 3. The summed E-state index contributed by atoms with van der Waals surface area (Å²) in [5.41, 5.74) is 1.12. The number of H-pyrrole nitrogens is 1. The summed E-state index contributed by atoms with van der Waals surface area (Å²) in [6.07, 6.45) is 5.90. The zero-order valence-electron chi connectivity index (χ0n) is 13.2. The van der Waals surface area contributed by atoms with Gasteiger partial charge in [-0.2, -0.15) is 0 Å². The van der Waals surface area contributed by atoms with Gasteiger partial charge in [-0.25, -0.2) is 23.7 Å². The minimum atomic E-state index is -0.506. The van der Waals surface area contributed by atoms with Gasteiger partial charge in [-0.05, 0) is 25.5 Å². The second-order valence-electron chi connectivity index (χ2n) is 5.83. The molecule has 1 saturated heterocycles. The number of hydrogen-bond donors (Lipinski definition) is 3. The fourth-order valence-electron chi connectivity index (χ4n) is 2.93. The normalized spacial score (nSPS) is 17.3. The summed E-state index contributed by atoms with van der Waals surface area (Å²) >= 11 is 0. The van der Waals surface area contributed by atoms with Gasteiger partial charge in [0.05, 0.1) is 12.4 Å². The number of pyridine rings is 1. The fraction of sp³-hybridized carbons (Fsp3) is 0.312. The standard InChI is InChI=1S/C16H16F2N6.ClH/c17-9-4-11-12(7-21-14(11)20-5-9)15-22-8-13(18)16(24-15)23-10-2-1-3-19-6-10;/h4-5,7-8,10,19H,1-3,6H2,(H,20,21)(H,22,23,24);1H/t10-;/m0./s1. The molecule has 0 spiro atoms. The van der Waals surface area contributed by atoms with E-state index >= 15 is 0 Å². The number of fused-ring (bicyclic) bond motifs is 1. The van der Waals surface area contributed by atoms with E-state index in [0.717, 1.165) is 38.3 Å². The molecule has 9 heteroatoms. The molecule has 1 fully saturated rings. The van der Waals surface area contributed by atoms with Gasteiger partial charge in [0.25, 0.3) is 0 Å². The van der Waals surface area contributed by atoms with E-state index < -0.39 is 11.6 Å². The predicted octanol–water partition coefficient (Wildman–Crippen LogP) is 2.88. The number of halogens is 3. The summed E-state index contributed by atoms with van der Waals surface area (Å²) in [6.45, 7) is 1.74. The predicted molar refractivity (Wildman–Crippen MR) is 93.8 cm³/mol. The van der Waals surface area contributed by atoms with Gasteiger partial charge in [-0.1, -0.05) is 0 Å². The molecular formula is C16H17ClF2N6. The molecule has 6 nitrogen and oxygen atoms in total. The molecule has 0 bridgehead atoms. The Morgan fingerprint density at radius 2 is 2.08 bits per heavy atom. The molecule has 1 aliphatic rings. The van der Waals surface area contributed by atoms with Crippen molar-refractivity contribution in [2.75, 3.05) is 18.4 Å². The summed E-state index contributed by atoms with van der Waals surface area (Å²) in [4.78, 5) is 15.3. The van der Waals surface area contributed by atoms with E-state index in [0.29, 0.717) is 22.4 Å². The van der Waals surface area contributed by atoms with Crippen molar-refractivity contribution < 1.29 is 8.78 Å². The van der Waals surface area contributed by atoms with Crippen LogP contribution in [0.2, 0.25) is 0 Å². The van der Waals surface area contributed by atoms with Crippen molar-refractivity contribution in [3.63, 3.8) is 0 Å². The average molecular weight is 367 g/mol. The van der Waals surface area contributed by atoms with Gasteiger partial charge in [-0.15, -0.1) is 12.4 Å². The Labute approximate surface area is 148 Å². The molecule has 1 atom stereocenters. The van der Waals surface area contributed by atoms with Crippen LogP contribution in [0.1, 0.15) is 12.8 Å². The van der Waals surface area contributed by atoms with Crippen LogP contribution in [0.4, 0.5) is 14.6 Å². The van der Waals surface area contributed by atoms with Crippen molar-refractivity contribution in [2.24, 2.45) is 0 Å². The third-order valence-electron chi connectivity index (χ3n) is 4.12. The zero-order valence-corrected chi connectivity index (χ0v) is 14.0. The van der Waals surface area contributed by atoms with Crippen molar-refractivity contribution in [3.8, 4) is 11.4 Å². The van der Waals surface area contributed by atoms with Crippen LogP contribution in [-0.2, 0) is 0 Å². The number of nitrogens with one attached hydrogen (secondary N) is 3. The fourth-order valence-corrected chi connectivity index (χ4v) is 2.93. The zero-order chi connectivity index (χ0) is 16.5. The van der Waals surface area contributed by atoms with Gasteiger partial charge in [0.2, 0.25) is 0 Å². The Balaban J connectivity index is 0.00000182. The van der Waals surface area contributed by atoms with E-state index in [-0.39, 0.29) is 24.3 Å². The average Bonchev–Trinajstić information content (AvgIpc) is 3.01. The summed E-state index contributed by atoms with van der Waals surface area (Å²) in [6, 6.07) is 1.48. The Kier molecular flexibility index (Phi) is 5.10. The van der Waals surface area contributed by atoms with Gasteiger partial charge in [0.15, 0.2) is 17.5 Å². The van der Waals surface area contributed by atoms with Crippen molar-refractivity contribution in [2.45, 2.75) is 18.9 Å². The van der Waals surface area contributed by atoms with Crippen LogP contribution in [0.15, 0.2) is 24.7 Å². The first-order chi connectivity index (χ1) is 11.7. The first-order valence-electron chi connectivity index (χ1n) is 7.83. The monoisotopic (exact) mass is 366 g/mol. The number of piperidine rings is 1. The molecule has 0 radical (unpaired) electrons. The topological polar surface area (TPSA) is 78.5 Å². The molecule has 4 rings (SSSR count). The molecular weight excluding hydrogens is 350 g/mol. The van der Waals surface area contributed by atoms with E-state index in [2.05, 4.69) is 30.6 Å². The molecule has 0 amide bonds. The SMILES string of the molecule is Cl.Fc1cnc2[nH]cc(-c3ncc(F)c(N[C@H]4CCCNC4)n3)c2c1. The second kappa shape index (κ2) is 7.28.